The number of amides is 5. The minimum Gasteiger partial charge on any atom is -0.491 e. The van der Waals surface area contributed by atoms with Crippen molar-refractivity contribution < 1.29 is 41.9 Å². The third-order valence-electron chi connectivity index (χ3n) is 15.7. The Hall–Kier alpha value is -7.47. The maximum absolute atomic E-state index is 14.6. The molecular formula is C55H72N14O9S. The number of hydrogen-bond donors (Lipinski definition) is 5. The molecule has 3 aromatic heterocycles. The van der Waals surface area contributed by atoms with Crippen LogP contribution in [0.15, 0.2) is 60.0 Å². The van der Waals surface area contributed by atoms with Gasteiger partial charge in [-0.05, 0) is 110 Å². The number of nitrogens with zero attached hydrogens (tertiary/aromatic N) is 9. The van der Waals surface area contributed by atoms with Gasteiger partial charge in [0, 0.05) is 94.5 Å². The molecular weight excluding hydrogens is 1030 g/mol. The van der Waals surface area contributed by atoms with Crippen LogP contribution in [0.25, 0.3) is 10.9 Å². The Balaban J connectivity index is 0.792. The number of piperidine rings is 1. The van der Waals surface area contributed by atoms with Gasteiger partial charge in [0.05, 0.1) is 21.9 Å². The summed E-state index contributed by atoms with van der Waals surface area (Å²) in [4.78, 5) is 93.7. The van der Waals surface area contributed by atoms with E-state index < -0.39 is 44.8 Å². The molecule has 4 atom stereocenters. The summed E-state index contributed by atoms with van der Waals surface area (Å²) in [5.74, 6) is -0.218. The van der Waals surface area contributed by atoms with Gasteiger partial charge in [-0.25, -0.2) is 33.1 Å². The normalized spacial score (nSPS) is 19.1. The van der Waals surface area contributed by atoms with Gasteiger partial charge in [-0.3, -0.25) is 29.2 Å². The van der Waals surface area contributed by atoms with Crippen LogP contribution in [-0.4, -0.2) is 172 Å². The van der Waals surface area contributed by atoms with Gasteiger partial charge in [0.2, 0.25) is 17.8 Å². The number of piperazine rings is 1. The minimum atomic E-state index is -3.87. The number of benzene rings is 2. The molecule has 9 rings (SSSR count). The lowest BCUT2D eigenvalue weighted by molar-refractivity contribution is -0.144. The van der Waals surface area contributed by atoms with E-state index in [0.717, 1.165) is 36.1 Å². The molecule has 0 bridgehead atoms. The molecule has 3 aliphatic heterocycles. The number of aryl methyl sites for hydroxylation is 2. The molecule has 2 aromatic carbocycles. The predicted molar refractivity (Wildman–Crippen MR) is 295 cm³/mol. The number of sulfone groups is 1. The monoisotopic (exact) mass is 1100 g/mol. The van der Waals surface area contributed by atoms with E-state index in [1.807, 2.05) is 36.9 Å². The number of alkyl carbamates (subject to hydrolysis) is 1. The molecule has 1 aliphatic carbocycles. The lowest BCUT2D eigenvalue weighted by atomic mass is 9.87. The number of hydrogen-bond acceptors (Lipinski definition) is 17. The number of rotatable bonds is 16. The Morgan fingerprint density at radius 1 is 0.873 bits per heavy atom. The van der Waals surface area contributed by atoms with Crippen molar-refractivity contribution in [2.24, 2.45) is 5.92 Å². The number of nitrogens with one attached hydrogen (secondary N) is 5. The Morgan fingerprint density at radius 2 is 1.61 bits per heavy atom. The number of likely N-dealkylation sites (tertiary alicyclic amines) is 2. The van der Waals surface area contributed by atoms with Gasteiger partial charge < -0.3 is 45.4 Å². The highest BCUT2D eigenvalue weighted by Crippen LogP contribution is 2.38. The highest BCUT2D eigenvalue weighted by atomic mass is 32.2. The van der Waals surface area contributed by atoms with Gasteiger partial charge in [-0.1, -0.05) is 24.3 Å². The van der Waals surface area contributed by atoms with E-state index in [0.29, 0.717) is 112 Å². The van der Waals surface area contributed by atoms with Crippen LogP contribution in [0, 0.1) is 19.8 Å². The van der Waals surface area contributed by atoms with E-state index in [-0.39, 0.29) is 46.9 Å². The second kappa shape index (κ2) is 23.9. The first-order valence-corrected chi connectivity index (χ1v) is 28.7. The van der Waals surface area contributed by atoms with Gasteiger partial charge in [0.25, 0.3) is 11.8 Å². The number of aromatic amines is 1. The van der Waals surface area contributed by atoms with Crippen LogP contribution in [0.5, 0.6) is 5.75 Å². The number of carbonyl (C=O) groups excluding carboxylic acids is 5. The fraction of sp³-hybridized carbons (Fsp3) is 0.527. The molecule has 5 N–H and O–H groups in total. The third kappa shape index (κ3) is 12.4. The molecule has 6 heterocycles. The summed E-state index contributed by atoms with van der Waals surface area (Å²) >= 11 is 0. The van der Waals surface area contributed by atoms with Gasteiger partial charge in [-0.2, -0.15) is 5.10 Å². The van der Waals surface area contributed by atoms with Crippen molar-refractivity contribution >= 4 is 68.0 Å². The zero-order valence-corrected chi connectivity index (χ0v) is 46.8. The number of ether oxygens (including phenoxy) is 2. The fourth-order valence-corrected chi connectivity index (χ4v) is 12.1. The number of H-pyrrole nitrogens is 1. The Bertz CT molecular complexity index is 3170. The summed E-state index contributed by atoms with van der Waals surface area (Å²) in [6.07, 6.45) is 7.02. The molecule has 3 fully saturated rings. The lowest BCUT2D eigenvalue weighted by Crippen LogP contribution is -2.58. The zero-order chi connectivity index (χ0) is 56.2. The Kier molecular flexibility index (Phi) is 17.0. The van der Waals surface area contributed by atoms with Crippen molar-refractivity contribution in [3.05, 3.63) is 83.1 Å². The smallest absolute Gasteiger partial charge is 0.407 e. The van der Waals surface area contributed by atoms with Crippen LogP contribution in [-0.2, 0) is 35.4 Å². The first-order chi connectivity index (χ1) is 37.8. The Labute approximate surface area is 460 Å². The molecule has 0 radical (unpaired) electrons. The summed E-state index contributed by atoms with van der Waals surface area (Å²) < 4.78 is 38.4. The molecule has 24 heteroatoms. The number of aromatic nitrogens is 6. The molecule has 5 aromatic rings. The standard InChI is InChI=1S/C55H72N14O9S/c1-33-34(2)64-65-47(33)63-48-40-28-45(79(75,76)55(4,5)6)44(29-42(40)59-32-60-48)77-27-26-66-22-24-68(25-23-66)53-57-30-38(31-58-53)51(72)67-20-17-37(18-21-67)46(62-49(70)35(3)78-54(74)56-7)52(73)69-19-11-16-43(69)50(71)61-41-15-10-13-36-12-8-9-14-39(36)41/h8-9,12,14,28-32,35,37,41,43,46H,10-11,13,15-27H2,1-7H3,(H,56,74)(H,61,71)(H,62,70)(H2,59,60,63,64,65)/t35-,41+,43-,46-/m0/s1. The first kappa shape index (κ1) is 56.3. The second-order valence-electron chi connectivity index (χ2n) is 21.8. The maximum Gasteiger partial charge on any atom is 0.407 e. The quantitative estimate of drug-likeness (QED) is 0.0907. The van der Waals surface area contributed by atoms with Gasteiger partial charge in [-0.15, -0.1) is 0 Å². The lowest BCUT2D eigenvalue weighted by Gasteiger charge is -2.38. The highest BCUT2D eigenvalue weighted by molar-refractivity contribution is 7.92. The summed E-state index contributed by atoms with van der Waals surface area (Å²) in [7, 11) is -2.49. The zero-order valence-electron chi connectivity index (χ0n) is 46.0. The SMILES string of the molecule is CNC(=O)O[C@@H](C)C(=O)N[C@H](C(=O)N1CCC[C@H]1C(=O)N[C@@H]1CCCc2ccccc21)C1CCN(C(=O)c2cnc(N3CCN(CCOc4cc5ncnc(Nc6n[nH]c(C)c6C)c5cc4S(=O)(=O)C(C)(C)C)CC3)nc2)CC1. The molecule has 422 valence electrons. The molecule has 0 saturated carbocycles. The topological polar surface area (TPSA) is 279 Å². The maximum atomic E-state index is 14.6. The molecule has 3 saturated heterocycles. The summed E-state index contributed by atoms with van der Waals surface area (Å²) in [5, 5.41) is 19.5. The largest absolute Gasteiger partial charge is 0.491 e. The van der Waals surface area contributed by atoms with E-state index in [4.69, 9.17) is 9.47 Å². The van der Waals surface area contributed by atoms with Gasteiger partial charge in [0.1, 0.15) is 41.5 Å². The van der Waals surface area contributed by atoms with Gasteiger partial charge in [0.15, 0.2) is 21.8 Å². The van der Waals surface area contributed by atoms with Crippen LogP contribution in [0.2, 0.25) is 0 Å². The van der Waals surface area contributed by atoms with Crippen molar-refractivity contribution in [3.63, 3.8) is 0 Å². The second-order valence-corrected chi connectivity index (χ2v) is 24.5. The van der Waals surface area contributed by atoms with E-state index >= 15 is 0 Å². The van der Waals surface area contributed by atoms with Crippen molar-refractivity contribution in [2.45, 2.75) is 120 Å². The van der Waals surface area contributed by atoms with Crippen LogP contribution < -0.4 is 30.9 Å². The van der Waals surface area contributed by atoms with Gasteiger partial charge >= 0.3 is 6.09 Å². The Morgan fingerprint density at radius 3 is 2.30 bits per heavy atom. The van der Waals surface area contributed by atoms with E-state index in [1.54, 1.807) is 42.7 Å². The molecule has 79 heavy (non-hydrogen) atoms. The minimum absolute atomic E-state index is 0.0489. The molecule has 23 nitrogen and oxygen atoms in total. The van der Waals surface area contributed by atoms with Crippen molar-refractivity contribution in [2.75, 3.05) is 76.2 Å². The molecule has 0 unspecified atom stereocenters. The fourth-order valence-electron chi connectivity index (χ4n) is 10.8. The average molecular weight is 1110 g/mol. The van der Waals surface area contributed by atoms with E-state index in [2.05, 4.69) is 62.4 Å². The molecule has 0 spiro atoms. The predicted octanol–water partition coefficient (Wildman–Crippen LogP) is 4.54. The van der Waals surface area contributed by atoms with Crippen LogP contribution >= 0.6 is 0 Å². The van der Waals surface area contributed by atoms with Crippen LogP contribution in [0.3, 0.4) is 0 Å². The first-order valence-electron chi connectivity index (χ1n) is 27.2. The van der Waals surface area contributed by atoms with Crippen molar-refractivity contribution in [1.29, 1.82) is 0 Å². The summed E-state index contributed by atoms with van der Waals surface area (Å²) in [6, 6.07) is 9.41. The number of fused-ring (bicyclic) bond motifs is 2. The highest BCUT2D eigenvalue weighted by Gasteiger charge is 2.43. The number of carbonyl (C=O) groups is 5. The number of anilines is 3. The molecule has 4 aliphatic rings. The average Bonchev–Trinajstić information content (AvgIpc) is 4.23. The van der Waals surface area contributed by atoms with Crippen LogP contribution in [0.1, 0.15) is 105 Å². The van der Waals surface area contributed by atoms with Crippen LogP contribution in [0.4, 0.5) is 22.4 Å². The van der Waals surface area contributed by atoms with Crippen molar-refractivity contribution in [3.8, 4) is 5.75 Å². The summed E-state index contributed by atoms with van der Waals surface area (Å²) in [5.41, 5.74) is 4.93. The summed E-state index contributed by atoms with van der Waals surface area (Å²) in [6.45, 7) is 14.4. The third-order valence-corrected chi connectivity index (χ3v) is 18.2. The van der Waals surface area contributed by atoms with E-state index in [1.165, 1.54) is 38.3 Å². The molecule has 5 amide bonds. The van der Waals surface area contributed by atoms with Crippen molar-refractivity contribution in [1.82, 2.24) is 60.8 Å². The van der Waals surface area contributed by atoms with E-state index in [9.17, 15) is 32.4 Å².